The molecule has 25 heavy (non-hydrogen) atoms. The van der Waals surface area contributed by atoms with Gasteiger partial charge in [0.05, 0.1) is 11.4 Å². The first-order valence-electron chi connectivity index (χ1n) is 8.90. The largest absolute Gasteiger partial charge is 0.384 e. The van der Waals surface area contributed by atoms with E-state index >= 15 is 0 Å². The van der Waals surface area contributed by atoms with Crippen molar-refractivity contribution in [2.75, 3.05) is 24.5 Å². The number of anilines is 2. The number of benzene rings is 2. The molecule has 3 N–H and O–H groups in total. The molecule has 1 unspecified atom stereocenters. The number of hydrogen-bond acceptors (Lipinski definition) is 4. The summed E-state index contributed by atoms with van der Waals surface area (Å²) in [5, 5.41) is 7.80. The first kappa shape index (κ1) is 16.5. The lowest BCUT2D eigenvalue weighted by atomic mass is 10.1. The molecule has 5 heteroatoms. The summed E-state index contributed by atoms with van der Waals surface area (Å²) in [5.41, 5.74) is 8.96. The molecule has 4 rings (SSSR count). The molecule has 130 valence electrons. The third-order valence-electron chi connectivity index (χ3n) is 5.04. The Morgan fingerprint density at radius 2 is 1.84 bits per heavy atom. The van der Waals surface area contributed by atoms with Gasteiger partial charge in [-0.05, 0) is 57.1 Å². The Hall–Kier alpha value is -1.98. The van der Waals surface area contributed by atoms with Gasteiger partial charge in [0, 0.05) is 27.9 Å². The van der Waals surface area contributed by atoms with E-state index in [0.717, 1.165) is 12.1 Å². The molecule has 2 heterocycles. The molecule has 1 atom stereocenters. The number of fused-ring (bicyclic) bond motifs is 2. The van der Waals surface area contributed by atoms with Gasteiger partial charge in [0.2, 0.25) is 0 Å². The number of nitrogen functional groups attached to an aromatic ring is 1. The van der Waals surface area contributed by atoms with Crippen molar-refractivity contribution in [2.45, 2.75) is 35.6 Å². The van der Waals surface area contributed by atoms with Crippen LogP contribution in [0.1, 0.15) is 25.3 Å². The van der Waals surface area contributed by atoms with Crippen LogP contribution in [-0.2, 0) is 0 Å². The number of amidine groups is 1. The van der Waals surface area contributed by atoms with Crippen molar-refractivity contribution in [3.8, 4) is 0 Å². The molecular weight excluding hydrogens is 328 g/mol. The van der Waals surface area contributed by atoms with Gasteiger partial charge in [0.25, 0.3) is 0 Å². The van der Waals surface area contributed by atoms with Gasteiger partial charge in [0.1, 0.15) is 5.84 Å². The Morgan fingerprint density at radius 1 is 1.12 bits per heavy atom. The van der Waals surface area contributed by atoms with Gasteiger partial charge in [-0.3, -0.25) is 5.41 Å². The van der Waals surface area contributed by atoms with E-state index in [1.807, 2.05) is 6.07 Å². The Morgan fingerprint density at radius 3 is 2.60 bits per heavy atom. The average molecular weight is 353 g/mol. The molecule has 0 aliphatic carbocycles. The summed E-state index contributed by atoms with van der Waals surface area (Å²) in [4.78, 5) is 7.52. The lowest BCUT2D eigenvalue weighted by molar-refractivity contribution is 0.319. The quantitative estimate of drug-likeness (QED) is 0.644. The summed E-state index contributed by atoms with van der Waals surface area (Å²) in [6, 6.07) is 15.1. The zero-order chi connectivity index (χ0) is 17.4. The molecule has 0 saturated carbocycles. The van der Waals surface area contributed by atoms with Crippen molar-refractivity contribution in [3.63, 3.8) is 0 Å². The second-order valence-corrected chi connectivity index (χ2v) is 7.98. The van der Waals surface area contributed by atoms with E-state index < -0.39 is 0 Å². The molecular formula is C20H24N4S. The lowest BCUT2D eigenvalue weighted by Crippen LogP contribution is -2.40. The van der Waals surface area contributed by atoms with Gasteiger partial charge in [0.15, 0.2) is 0 Å². The lowest BCUT2D eigenvalue weighted by Gasteiger charge is -2.39. The van der Waals surface area contributed by atoms with Crippen LogP contribution in [0, 0.1) is 5.41 Å². The summed E-state index contributed by atoms with van der Waals surface area (Å²) in [7, 11) is 0. The fourth-order valence-corrected chi connectivity index (χ4v) is 4.90. The van der Waals surface area contributed by atoms with Crippen LogP contribution in [0.3, 0.4) is 0 Å². The molecule has 2 aliphatic heterocycles. The molecule has 0 bridgehead atoms. The highest BCUT2D eigenvalue weighted by Gasteiger charge is 2.29. The van der Waals surface area contributed by atoms with E-state index in [4.69, 9.17) is 11.1 Å². The van der Waals surface area contributed by atoms with E-state index in [2.05, 4.69) is 53.1 Å². The molecule has 0 amide bonds. The predicted octanol–water partition coefficient (Wildman–Crippen LogP) is 4.06. The molecule has 1 saturated heterocycles. The minimum absolute atomic E-state index is 0.124. The Bertz CT molecular complexity index is 798. The normalized spacial score (nSPS) is 17.9. The van der Waals surface area contributed by atoms with Crippen LogP contribution in [0.4, 0.5) is 11.4 Å². The molecule has 4 nitrogen and oxygen atoms in total. The third kappa shape index (κ3) is 3.14. The van der Waals surface area contributed by atoms with Crippen molar-refractivity contribution in [1.82, 2.24) is 4.90 Å². The van der Waals surface area contributed by atoms with Gasteiger partial charge in [-0.2, -0.15) is 0 Å². The van der Waals surface area contributed by atoms with Crippen LogP contribution >= 0.6 is 11.8 Å². The maximum Gasteiger partial charge on any atom is 0.122 e. The van der Waals surface area contributed by atoms with Crippen LogP contribution < -0.4 is 10.6 Å². The molecule has 2 aromatic rings. The summed E-state index contributed by atoms with van der Waals surface area (Å²) in [6.07, 6.45) is 2.62. The zero-order valence-corrected chi connectivity index (χ0v) is 15.4. The Balaban J connectivity index is 1.75. The summed E-state index contributed by atoms with van der Waals surface area (Å²) in [5.74, 6) is 0.124. The van der Waals surface area contributed by atoms with Gasteiger partial charge in [-0.15, -0.1) is 0 Å². The number of para-hydroxylation sites is 1. The summed E-state index contributed by atoms with van der Waals surface area (Å²) >= 11 is 1.80. The Kier molecular flexibility index (Phi) is 4.44. The van der Waals surface area contributed by atoms with Crippen LogP contribution in [0.5, 0.6) is 0 Å². The number of nitrogens with two attached hydrogens (primary N) is 1. The first-order valence-corrected chi connectivity index (χ1v) is 9.72. The van der Waals surface area contributed by atoms with Crippen molar-refractivity contribution >= 4 is 29.0 Å². The van der Waals surface area contributed by atoms with E-state index in [0.29, 0.717) is 6.04 Å². The highest BCUT2D eigenvalue weighted by molar-refractivity contribution is 7.99. The standard InChI is InChI=1S/C20H24N4S/c1-14(13-23-10-4-5-11-23)24-16-6-2-3-7-18(16)25-19-9-8-15(20(21)22)12-17(19)24/h2-3,6-9,12,14H,4-5,10-11,13H2,1H3,(H3,21,22). The van der Waals surface area contributed by atoms with Crippen molar-refractivity contribution in [1.29, 1.82) is 5.41 Å². The van der Waals surface area contributed by atoms with Crippen molar-refractivity contribution in [3.05, 3.63) is 48.0 Å². The molecule has 0 radical (unpaired) electrons. The minimum Gasteiger partial charge on any atom is -0.384 e. The SMILES string of the molecule is CC(CN1CCCC1)N1c2ccccc2Sc2ccc(C(=N)N)cc21. The summed E-state index contributed by atoms with van der Waals surface area (Å²) < 4.78 is 0. The highest BCUT2D eigenvalue weighted by Crippen LogP contribution is 2.49. The van der Waals surface area contributed by atoms with E-state index in [1.54, 1.807) is 11.8 Å². The number of nitrogens with zero attached hydrogens (tertiary/aromatic N) is 2. The molecule has 0 spiro atoms. The number of rotatable bonds is 4. The van der Waals surface area contributed by atoms with Crippen LogP contribution in [-0.4, -0.2) is 36.4 Å². The van der Waals surface area contributed by atoms with Gasteiger partial charge in [-0.1, -0.05) is 30.0 Å². The van der Waals surface area contributed by atoms with Crippen molar-refractivity contribution in [2.24, 2.45) is 5.73 Å². The third-order valence-corrected chi connectivity index (χ3v) is 6.17. The molecule has 2 aromatic carbocycles. The van der Waals surface area contributed by atoms with Gasteiger partial charge >= 0.3 is 0 Å². The number of hydrogen-bond donors (Lipinski definition) is 2. The molecule has 1 fully saturated rings. The highest BCUT2D eigenvalue weighted by atomic mass is 32.2. The average Bonchev–Trinajstić information content (AvgIpc) is 3.11. The fourth-order valence-electron chi connectivity index (χ4n) is 3.85. The molecule has 0 aromatic heterocycles. The topological polar surface area (TPSA) is 56.4 Å². The maximum atomic E-state index is 7.80. The van der Waals surface area contributed by atoms with Crippen LogP contribution in [0.15, 0.2) is 52.3 Å². The maximum absolute atomic E-state index is 7.80. The molecule has 2 aliphatic rings. The predicted molar refractivity (Wildman–Crippen MR) is 105 cm³/mol. The van der Waals surface area contributed by atoms with E-state index in [-0.39, 0.29) is 5.84 Å². The minimum atomic E-state index is 0.124. The second kappa shape index (κ2) is 6.73. The second-order valence-electron chi connectivity index (χ2n) is 6.89. The van der Waals surface area contributed by atoms with Gasteiger partial charge in [-0.25, -0.2) is 0 Å². The zero-order valence-electron chi connectivity index (χ0n) is 14.5. The first-order chi connectivity index (χ1) is 12.1. The van der Waals surface area contributed by atoms with E-state index in [9.17, 15) is 0 Å². The van der Waals surface area contributed by atoms with Crippen LogP contribution in [0.25, 0.3) is 0 Å². The van der Waals surface area contributed by atoms with Crippen LogP contribution in [0.2, 0.25) is 0 Å². The van der Waals surface area contributed by atoms with Gasteiger partial charge < -0.3 is 15.5 Å². The fraction of sp³-hybridized carbons (Fsp3) is 0.350. The monoisotopic (exact) mass is 352 g/mol. The Labute approximate surface area is 153 Å². The number of nitrogens with one attached hydrogen (secondary N) is 1. The smallest absolute Gasteiger partial charge is 0.122 e. The van der Waals surface area contributed by atoms with Crippen molar-refractivity contribution < 1.29 is 0 Å². The summed E-state index contributed by atoms with van der Waals surface area (Å²) in [6.45, 7) is 5.77. The number of likely N-dealkylation sites (tertiary alicyclic amines) is 1. The van der Waals surface area contributed by atoms with E-state index in [1.165, 1.54) is 47.1 Å².